The largest absolute Gasteiger partial charge is 0.387 e. The molecule has 0 fully saturated rings. The van der Waals surface area contributed by atoms with Gasteiger partial charge in [-0.25, -0.2) is 22.0 Å². The summed E-state index contributed by atoms with van der Waals surface area (Å²) in [4.78, 5) is 0. The van der Waals surface area contributed by atoms with Gasteiger partial charge in [-0.05, 0) is 0 Å². The van der Waals surface area contributed by atoms with E-state index in [1.54, 1.807) is 0 Å². The Hall–Kier alpha value is -0.840. The molecule has 0 radical (unpaired) electrons. The summed E-state index contributed by atoms with van der Waals surface area (Å²) < 4.78 is 217. The van der Waals surface area contributed by atoms with Gasteiger partial charge in [-0.1, -0.05) is 12.6 Å². The number of hydrogen-bond donors (Lipinski definition) is 1. The minimum Gasteiger partial charge on any atom is -0.241 e. The molecule has 0 aliphatic heterocycles. The van der Waals surface area contributed by atoms with E-state index in [4.69, 9.17) is 0 Å². The molecule has 0 heterocycles. The first-order valence-corrected chi connectivity index (χ1v) is 6.57. The zero-order valence-corrected chi connectivity index (χ0v) is 13.1. The normalized spacial score (nSPS) is 19.0. The molecule has 0 rings (SSSR count). The van der Waals surface area contributed by atoms with Crippen LogP contribution in [0, 0.1) is 0 Å². The van der Waals surface area contributed by atoms with Crippen LogP contribution in [0.15, 0.2) is 0 Å². The van der Waals surface area contributed by atoms with E-state index in [-0.39, 0.29) is 0 Å². The molecule has 0 aromatic rings. The van der Waals surface area contributed by atoms with Crippen molar-refractivity contribution < 1.29 is 74.6 Å². The molecule has 0 amide bonds. The highest BCUT2D eigenvalue weighted by atomic mass is 32.1. The number of hydrogen-bond acceptors (Lipinski definition) is 1. The van der Waals surface area contributed by atoms with Gasteiger partial charge in [-0.15, -0.1) is 0 Å². The summed E-state index contributed by atoms with van der Waals surface area (Å²) in [5.41, 5.74) is 0. The lowest BCUT2D eigenvalue weighted by molar-refractivity contribution is -0.422. The zero-order chi connectivity index (χ0) is 23.3. The predicted octanol–water partition coefficient (Wildman–Crippen LogP) is 5.96. The van der Waals surface area contributed by atoms with Crippen molar-refractivity contribution in [3.05, 3.63) is 0 Å². The van der Waals surface area contributed by atoms with E-state index in [1.165, 1.54) is 12.6 Å². The quantitative estimate of drug-likeness (QED) is 0.306. The van der Waals surface area contributed by atoms with Crippen molar-refractivity contribution in [2.75, 3.05) is 0 Å². The van der Waals surface area contributed by atoms with Gasteiger partial charge in [0.2, 0.25) is 6.17 Å². The topological polar surface area (TPSA) is 0 Å². The Morgan fingerprint density at radius 1 is 0.464 bits per heavy atom. The minimum atomic E-state index is -8.25. The molecule has 0 saturated heterocycles. The molecule has 0 aliphatic rings. The molecule has 0 aromatic carbocycles. The maximum atomic E-state index is 13.2. The molecule has 0 spiro atoms. The molecule has 0 aliphatic carbocycles. The second-order valence-corrected chi connectivity index (χ2v) is 5.65. The van der Waals surface area contributed by atoms with Gasteiger partial charge in [0, 0.05) is 0 Å². The SMILES string of the molecule is FC(F)C(F)C(F)C(F)C(F)(F)C(F)(F)C(F)(F)C(F)(F)C(F)(F)C(F)(F)S. The Morgan fingerprint density at radius 2 is 0.786 bits per heavy atom. The van der Waals surface area contributed by atoms with E-state index >= 15 is 0 Å². The van der Waals surface area contributed by atoms with Crippen molar-refractivity contribution in [3.8, 4) is 0 Å². The third-order valence-corrected chi connectivity index (χ3v) is 3.43. The van der Waals surface area contributed by atoms with Crippen LogP contribution >= 0.6 is 12.6 Å². The molecule has 18 heteroatoms. The Labute approximate surface area is 148 Å². The van der Waals surface area contributed by atoms with E-state index in [1.807, 2.05) is 0 Å². The maximum absolute atomic E-state index is 13.2. The fourth-order valence-corrected chi connectivity index (χ4v) is 1.61. The summed E-state index contributed by atoms with van der Waals surface area (Å²) in [6.45, 7) is 0. The average molecular weight is 480 g/mol. The molecule has 0 N–H and O–H groups in total. The zero-order valence-electron chi connectivity index (χ0n) is 12.2. The summed E-state index contributed by atoms with van der Waals surface area (Å²) in [6.07, 6.45) is -20.1. The summed E-state index contributed by atoms with van der Waals surface area (Å²) in [5, 5.41) is -6.53. The fraction of sp³-hybridized carbons (Fsp3) is 1.00. The number of alkyl halides is 17. The van der Waals surface area contributed by atoms with Gasteiger partial charge in [-0.3, -0.25) is 0 Å². The first-order valence-electron chi connectivity index (χ1n) is 6.12. The Balaban J connectivity index is 6.32. The monoisotopic (exact) mass is 480 g/mol. The van der Waals surface area contributed by atoms with Gasteiger partial charge in [0.05, 0.1) is 0 Å². The Bertz CT molecular complexity index is 537. The predicted molar refractivity (Wildman–Crippen MR) is 59.4 cm³/mol. The van der Waals surface area contributed by atoms with Crippen molar-refractivity contribution in [3.63, 3.8) is 0 Å². The van der Waals surface area contributed by atoms with Gasteiger partial charge >= 0.3 is 34.9 Å². The van der Waals surface area contributed by atoms with Crippen molar-refractivity contribution in [1.29, 1.82) is 0 Å². The molecule has 0 saturated carbocycles. The van der Waals surface area contributed by atoms with Crippen molar-refractivity contribution in [2.45, 2.75) is 59.8 Å². The Morgan fingerprint density at radius 3 is 1.07 bits per heavy atom. The lowest BCUT2D eigenvalue weighted by atomic mass is 9.90. The average Bonchev–Trinajstić information content (AvgIpc) is 2.50. The van der Waals surface area contributed by atoms with E-state index in [9.17, 15) is 74.6 Å². The highest BCUT2D eigenvalue weighted by Crippen LogP contribution is 2.61. The molecule has 3 atom stereocenters. The van der Waals surface area contributed by atoms with E-state index in [0.29, 0.717) is 0 Å². The second kappa shape index (κ2) is 7.45. The van der Waals surface area contributed by atoms with Gasteiger partial charge in [0.15, 0.2) is 12.3 Å². The van der Waals surface area contributed by atoms with E-state index in [2.05, 4.69) is 0 Å². The van der Waals surface area contributed by atoms with Gasteiger partial charge in [0.25, 0.3) is 6.43 Å². The molecule has 0 aromatic heterocycles. The van der Waals surface area contributed by atoms with Gasteiger partial charge in [-0.2, -0.15) is 52.7 Å². The Kier molecular flexibility index (Phi) is 7.22. The molecule has 170 valence electrons. The van der Waals surface area contributed by atoms with Crippen LogP contribution in [-0.4, -0.2) is 59.8 Å². The van der Waals surface area contributed by atoms with Crippen LogP contribution in [0.3, 0.4) is 0 Å². The highest BCUT2D eigenvalue weighted by Gasteiger charge is 2.90. The third-order valence-electron chi connectivity index (χ3n) is 3.15. The third kappa shape index (κ3) is 3.80. The molecular formula is C10H5F17S. The van der Waals surface area contributed by atoms with Gasteiger partial charge < -0.3 is 0 Å². The van der Waals surface area contributed by atoms with E-state index in [0.717, 1.165) is 0 Å². The smallest absolute Gasteiger partial charge is 0.241 e. The van der Waals surface area contributed by atoms with Crippen LogP contribution < -0.4 is 0 Å². The van der Waals surface area contributed by atoms with Crippen molar-refractivity contribution >= 4 is 12.6 Å². The second-order valence-electron chi connectivity index (χ2n) is 5.09. The maximum Gasteiger partial charge on any atom is 0.387 e. The van der Waals surface area contributed by atoms with Crippen molar-refractivity contribution in [1.82, 2.24) is 0 Å². The van der Waals surface area contributed by atoms with Gasteiger partial charge in [0.1, 0.15) is 0 Å². The minimum absolute atomic E-state index is 1.46. The molecule has 3 unspecified atom stereocenters. The van der Waals surface area contributed by atoms with Crippen molar-refractivity contribution in [2.24, 2.45) is 0 Å². The molecular weight excluding hydrogens is 475 g/mol. The molecule has 28 heavy (non-hydrogen) atoms. The van der Waals surface area contributed by atoms with Crippen LogP contribution in [0.4, 0.5) is 74.6 Å². The number of rotatable bonds is 9. The van der Waals surface area contributed by atoms with Crippen LogP contribution in [0.1, 0.15) is 0 Å². The van der Waals surface area contributed by atoms with E-state index < -0.39 is 59.8 Å². The summed E-state index contributed by atoms with van der Waals surface area (Å²) in [5.74, 6) is -39.6. The summed E-state index contributed by atoms with van der Waals surface area (Å²) in [6, 6.07) is 0. The standard InChI is InChI=1S/C10H5F17S/c11-1(2(12)4(14)15)3(13)5(16,17)6(18,19)7(20,21)8(22,23)9(24,25)10(26,27)28/h1-4,28H. The lowest BCUT2D eigenvalue weighted by Crippen LogP contribution is -2.72. The van der Waals surface area contributed by atoms with Crippen LogP contribution in [0.5, 0.6) is 0 Å². The van der Waals surface area contributed by atoms with Crippen LogP contribution in [0.2, 0.25) is 0 Å². The fourth-order valence-electron chi connectivity index (χ4n) is 1.47. The number of halogens is 17. The highest BCUT2D eigenvalue weighted by molar-refractivity contribution is 7.81. The van der Waals surface area contributed by atoms with Crippen LogP contribution in [0.25, 0.3) is 0 Å². The first kappa shape index (κ1) is 27.2. The first-order chi connectivity index (χ1) is 11.9. The number of thiol groups is 1. The molecule has 0 nitrogen and oxygen atoms in total. The summed E-state index contributed by atoms with van der Waals surface area (Å²) in [7, 11) is 0. The summed E-state index contributed by atoms with van der Waals surface area (Å²) >= 11 is 1.46. The lowest BCUT2D eigenvalue weighted by Gasteiger charge is -2.41. The van der Waals surface area contributed by atoms with Crippen LogP contribution in [-0.2, 0) is 0 Å². The molecule has 0 bridgehead atoms.